The molecule has 0 spiro atoms. The Morgan fingerprint density at radius 3 is 0.667 bits per heavy atom. The third-order valence-corrected chi connectivity index (χ3v) is 31.7. The van der Waals surface area contributed by atoms with Crippen LogP contribution in [0.25, 0.3) is 0 Å². The topological polar surface area (TPSA) is 192 Å². The van der Waals surface area contributed by atoms with Gasteiger partial charge in [-0.2, -0.15) is 23.5 Å². The van der Waals surface area contributed by atoms with Crippen LogP contribution in [0, 0.1) is 38.0 Å². The Balaban J connectivity index is 0.000000198. The van der Waals surface area contributed by atoms with Gasteiger partial charge in [-0.1, -0.05) is 156 Å². The summed E-state index contributed by atoms with van der Waals surface area (Å²) in [6, 6.07) is 58.4. The lowest BCUT2D eigenvalue weighted by molar-refractivity contribution is 0.0640. The van der Waals surface area contributed by atoms with E-state index < -0.39 is 24.4 Å². The smallest absolute Gasteiger partial charge is 0.132 e. The van der Waals surface area contributed by atoms with Gasteiger partial charge in [0, 0.05) is 197 Å². The molecule has 2 unspecified atom stereocenters. The number of rotatable bonds is 44. The van der Waals surface area contributed by atoms with E-state index in [1.165, 1.54) is 44.5 Å². The van der Waals surface area contributed by atoms with E-state index in [2.05, 4.69) is 325 Å². The van der Waals surface area contributed by atoms with Gasteiger partial charge in [0.1, 0.15) is 96.8 Å². The average molecular weight is 2370 g/mol. The Bertz CT molecular complexity index is 4080. The minimum atomic E-state index is -0.491. The first kappa shape index (κ1) is 112. The highest BCUT2D eigenvalue weighted by atomic mass is 123. The number of nitrogens with one attached hydrogen (secondary N) is 2. The fourth-order valence-corrected chi connectivity index (χ4v) is 20.2. The lowest BCUT2D eigenvalue weighted by Crippen LogP contribution is -2.47. The Hall–Kier alpha value is -3.46. The summed E-state index contributed by atoms with van der Waals surface area (Å²) in [4.78, 5) is 9.16. The summed E-state index contributed by atoms with van der Waals surface area (Å²) in [5, 5.41) is 48.0. The van der Waals surface area contributed by atoms with Gasteiger partial charge in [-0.25, -0.2) is 0 Å². The molecule has 728 valence electrons. The zero-order valence-electron chi connectivity index (χ0n) is 79.1. The van der Waals surface area contributed by atoms with Gasteiger partial charge in [-0.3, -0.25) is 19.6 Å². The highest BCUT2D eigenvalue weighted by Crippen LogP contribution is 2.41. The summed E-state index contributed by atoms with van der Waals surface area (Å²) >= 11 is 36.9. The Morgan fingerprint density at radius 2 is 0.477 bits per heavy atom. The number of nitrogens with zero attached hydrogens (tertiary/aromatic N) is 4. The van der Waals surface area contributed by atoms with E-state index in [0.29, 0.717) is 126 Å². The summed E-state index contributed by atoms with van der Waals surface area (Å²) in [7, 11) is 0. The molecule has 6 N–H and O–H groups in total. The second-order valence-electron chi connectivity index (χ2n) is 37.2. The number of ether oxygens (including phenoxy) is 8. The van der Waals surface area contributed by atoms with Crippen molar-refractivity contribution in [3.05, 3.63) is 229 Å². The van der Waals surface area contributed by atoms with Crippen LogP contribution in [0.4, 0.5) is 0 Å². The second kappa shape index (κ2) is 57.5. The van der Waals surface area contributed by atoms with Crippen molar-refractivity contribution in [2.75, 3.05) is 204 Å². The predicted octanol–water partition coefficient (Wildman–Crippen LogP) is 20.4. The molecular weight excluding hydrogens is 2220 g/mol. The first-order chi connectivity index (χ1) is 63.2. The lowest BCUT2D eigenvalue weighted by atomic mass is 9.78. The van der Waals surface area contributed by atoms with Crippen molar-refractivity contribution in [3.8, 4) is 46.0 Å². The molecule has 4 saturated heterocycles. The number of β-amino-alcohol motifs (C(OH)–C–C–N with tert-alkyl or cyclic N) is 4. The number of hydrogen-bond acceptors (Lipinski definition) is 20. The van der Waals surface area contributed by atoms with Crippen molar-refractivity contribution in [1.29, 1.82) is 0 Å². The van der Waals surface area contributed by atoms with Gasteiger partial charge < -0.3 is 69.0 Å². The van der Waals surface area contributed by atoms with Crippen molar-refractivity contribution in [2.24, 2.45) is 23.7 Å². The van der Waals surface area contributed by atoms with Gasteiger partial charge in [0.05, 0.1) is 40.7 Å². The van der Waals surface area contributed by atoms with Crippen LogP contribution in [0.1, 0.15) is 128 Å². The molecule has 0 aromatic heterocycles. The predicted molar refractivity (Wildman–Crippen MR) is 585 cm³/mol. The number of piperazine rings is 2. The Labute approximate surface area is 871 Å². The van der Waals surface area contributed by atoms with Crippen LogP contribution in [0.15, 0.2) is 170 Å². The third-order valence-electron chi connectivity index (χ3n) is 24.3. The SMILES string of the molecule is CC(CCl)COc1ccc(C(C)(C)c2ccc(OCC(O)CN3CCNCC3)cc2)cc1[123I].C[C@@H](CCl)COc1ccc(C(C)(C)c2ccc(OC[C@H](O)CN3CCSCC3)cc2)cc1[123I].C[C@H](CCl)COc1ccc(C(C)(C)c2ccc(OC[C@@H](O)CN3CCSCC3)cc2)cc1[123I].C[C@H](CCl)COc1ccc(C(C)(C)c2ccc(OC[C@H](O)CN3CCNCC3)cc2)cc1[123I]. The minimum absolute atomic E-state index is 0.161. The van der Waals surface area contributed by atoms with Gasteiger partial charge in [0.15, 0.2) is 0 Å². The monoisotopic (exact) mass is 2360 g/mol. The minimum Gasteiger partial charge on any atom is -0.492 e. The third kappa shape index (κ3) is 36.9. The maximum absolute atomic E-state index is 10.3. The zero-order chi connectivity index (χ0) is 95.4. The van der Waals surface area contributed by atoms with E-state index in [-0.39, 0.29) is 21.7 Å². The summed E-state index contributed by atoms with van der Waals surface area (Å²) in [5.41, 5.74) is 9.09. The van der Waals surface area contributed by atoms with Crippen LogP contribution in [-0.2, 0) is 21.7 Å². The molecule has 8 aromatic rings. The molecule has 4 aliphatic heterocycles. The average Bonchev–Trinajstić information content (AvgIpc) is 0.807. The number of halogens is 8. The molecule has 12 rings (SSSR count). The molecule has 4 heterocycles. The maximum atomic E-state index is 10.3. The molecule has 0 amide bonds. The van der Waals surface area contributed by atoms with Crippen LogP contribution in [-0.4, -0.2) is 269 Å². The second-order valence-corrected chi connectivity index (χ2v) is 45.6. The molecule has 8 atom stereocenters. The molecule has 4 aliphatic rings. The first-order valence-electron chi connectivity index (χ1n) is 46.2. The van der Waals surface area contributed by atoms with Crippen molar-refractivity contribution in [2.45, 2.75) is 129 Å². The number of hydrogen-bond donors (Lipinski definition) is 6. The number of aliphatic hydroxyl groups is 4. The highest BCUT2D eigenvalue weighted by Gasteiger charge is 2.31. The van der Waals surface area contributed by atoms with E-state index in [1.807, 2.05) is 72.1 Å². The van der Waals surface area contributed by atoms with Crippen molar-refractivity contribution < 1.29 is 58.3 Å². The van der Waals surface area contributed by atoms with E-state index in [9.17, 15) is 20.4 Å². The quantitative estimate of drug-likeness (QED) is 0.0156. The maximum Gasteiger partial charge on any atom is 0.132 e. The first-order valence-corrected chi connectivity index (χ1v) is 55.0. The fraction of sp³-hybridized carbons (Fsp3) is 0.538. The lowest BCUT2D eigenvalue weighted by Gasteiger charge is -2.29. The molecule has 0 aliphatic carbocycles. The van der Waals surface area contributed by atoms with Crippen LogP contribution in [0.2, 0.25) is 0 Å². The molecule has 18 nitrogen and oxygen atoms in total. The van der Waals surface area contributed by atoms with Gasteiger partial charge in [-0.15, -0.1) is 46.4 Å². The standard InChI is InChI=1S/2C26H36ClIN2O3.2C26H35ClINO3S/c2*1-19(15-27)17-33-25-9-6-21(14-24(25)28)26(2,3)20-4-7-23(8-5-20)32-18-22(31)16-30-12-10-29-11-13-30;2*1-19(15-27)17-32-25-9-6-21(14-24(25)28)26(2,3)20-4-7-23(8-5-20)31-18-22(30)16-29-10-12-33-13-11-29/h2*4-9,14,19,22,29,31H,10-13,15-18H2,1-3H3;2*4-9,14,19,22,30H,10-13,15-18H2,1-3H3/t19-,22-;;2*19-,22+/m1.10/s1/i4*28-4. The van der Waals surface area contributed by atoms with Gasteiger partial charge >= 0.3 is 0 Å². The van der Waals surface area contributed by atoms with Crippen LogP contribution >= 0.6 is 160 Å². The molecular formula is C104H142Cl4I4N6O12S2. The van der Waals surface area contributed by atoms with E-state index >= 15 is 0 Å². The Morgan fingerprint density at radius 1 is 0.288 bits per heavy atom. The summed E-state index contributed by atoms with van der Waals surface area (Å²) in [6.45, 7) is 44.5. The van der Waals surface area contributed by atoms with Crippen molar-refractivity contribution in [3.63, 3.8) is 0 Å². The van der Waals surface area contributed by atoms with Crippen molar-refractivity contribution >= 4 is 160 Å². The van der Waals surface area contributed by atoms with Gasteiger partial charge in [0.2, 0.25) is 0 Å². The molecule has 0 radical (unpaired) electrons. The molecule has 0 bridgehead atoms. The van der Waals surface area contributed by atoms with Crippen LogP contribution in [0.3, 0.4) is 0 Å². The van der Waals surface area contributed by atoms with Crippen LogP contribution < -0.4 is 48.5 Å². The number of thioether (sulfide) groups is 2. The molecule has 8 aromatic carbocycles. The molecule has 132 heavy (non-hydrogen) atoms. The van der Waals surface area contributed by atoms with E-state index in [1.54, 1.807) is 0 Å². The number of aliphatic hydroxyl groups excluding tert-OH is 4. The molecule has 0 saturated carbocycles. The Kier molecular flexibility index (Phi) is 48.8. The van der Waals surface area contributed by atoms with Gasteiger partial charge in [0.25, 0.3) is 0 Å². The largest absolute Gasteiger partial charge is 0.492 e. The molecule has 28 heteroatoms. The normalized spacial score (nSPS) is 16.9. The van der Waals surface area contributed by atoms with Crippen molar-refractivity contribution in [1.82, 2.24) is 30.2 Å². The highest BCUT2D eigenvalue weighted by molar-refractivity contribution is 14.1. The molecule has 4 fully saturated rings. The van der Waals surface area contributed by atoms with E-state index in [4.69, 9.17) is 84.3 Å². The fourth-order valence-electron chi connectivity index (χ4n) is 15.2. The number of alkyl halides is 4. The summed E-state index contributed by atoms with van der Waals surface area (Å²) in [5.74, 6) is 15.0. The summed E-state index contributed by atoms with van der Waals surface area (Å²) < 4.78 is 51.6. The summed E-state index contributed by atoms with van der Waals surface area (Å²) in [6.07, 6.45) is -1.93. The van der Waals surface area contributed by atoms with Crippen LogP contribution in [0.5, 0.6) is 46.0 Å². The van der Waals surface area contributed by atoms with E-state index in [0.717, 1.165) is 162 Å². The zero-order valence-corrected chi connectivity index (χ0v) is 92.4. The number of benzene rings is 8. The van der Waals surface area contributed by atoms with Gasteiger partial charge in [-0.05, 0) is 232 Å².